The maximum Gasteiger partial charge on any atom is 0.326 e. The SMILES string of the molecule is NC(=O)N(c1ccc([N+](=O)[O-])cc1)P1(=O)NCCN1. The van der Waals surface area contributed by atoms with Crippen LogP contribution in [0.25, 0.3) is 0 Å². The Hall–Kier alpha value is -1.96. The van der Waals surface area contributed by atoms with E-state index >= 15 is 0 Å². The Morgan fingerprint density at radius 3 is 2.26 bits per heavy atom. The molecule has 102 valence electrons. The fourth-order valence-corrected chi connectivity index (χ4v) is 3.72. The number of carbonyl (C=O) groups excluding carboxylic acids is 1. The quantitative estimate of drug-likeness (QED) is 0.427. The predicted molar refractivity (Wildman–Crippen MR) is 68.8 cm³/mol. The molecule has 1 fully saturated rings. The molecule has 0 aromatic heterocycles. The molecule has 2 amide bonds. The number of rotatable bonds is 3. The summed E-state index contributed by atoms with van der Waals surface area (Å²) in [6.45, 7) is 0.877. The Balaban J connectivity index is 2.37. The van der Waals surface area contributed by atoms with Crippen LogP contribution in [0, 0.1) is 10.1 Å². The lowest BCUT2D eigenvalue weighted by atomic mass is 10.3. The van der Waals surface area contributed by atoms with Crippen LogP contribution in [0.3, 0.4) is 0 Å². The van der Waals surface area contributed by atoms with Gasteiger partial charge in [-0.05, 0) is 12.1 Å². The van der Waals surface area contributed by atoms with Crippen LogP contribution >= 0.6 is 7.59 Å². The third-order valence-corrected chi connectivity index (χ3v) is 4.87. The number of benzene rings is 1. The highest BCUT2D eigenvalue weighted by Gasteiger charge is 2.37. The Morgan fingerprint density at radius 2 is 1.84 bits per heavy atom. The lowest BCUT2D eigenvalue weighted by molar-refractivity contribution is -0.384. The second kappa shape index (κ2) is 4.96. The molecule has 1 heterocycles. The Bertz CT molecular complexity index is 550. The number of nitrogens with two attached hydrogens (primary N) is 1. The molecule has 0 bridgehead atoms. The van der Waals surface area contributed by atoms with Crippen LogP contribution in [-0.2, 0) is 4.57 Å². The average Bonchev–Trinajstić information content (AvgIpc) is 2.77. The van der Waals surface area contributed by atoms with Crippen molar-refractivity contribution in [1.82, 2.24) is 10.2 Å². The molecule has 1 aromatic rings. The van der Waals surface area contributed by atoms with Crippen molar-refractivity contribution in [2.45, 2.75) is 0 Å². The summed E-state index contributed by atoms with van der Waals surface area (Å²) in [7, 11) is -3.31. The minimum Gasteiger partial charge on any atom is -0.351 e. The first-order valence-electron chi connectivity index (χ1n) is 5.39. The van der Waals surface area contributed by atoms with Crippen molar-refractivity contribution in [3.63, 3.8) is 0 Å². The Morgan fingerprint density at radius 1 is 1.32 bits per heavy atom. The van der Waals surface area contributed by atoms with Crippen LogP contribution in [0.1, 0.15) is 0 Å². The number of hydrogen-bond acceptors (Lipinski definition) is 4. The second-order valence-electron chi connectivity index (χ2n) is 3.82. The second-order valence-corrected chi connectivity index (χ2v) is 6.00. The summed E-state index contributed by atoms with van der Waals surface area (Å²) in [5.41, 5.74) is 5.33. The van der Waals surface area contributed by atoms with E-state index in [4.69, 9.17) is 5.73 Å². The van der Waals surface area contributed by atoms with E-state index in [1.165, 1.54) is 24.3 Å². The largest absolute Gasteiger partial charge is 0.351 e. The summed E-state index contributed by atoms with van der Waals surface area (Å²) in [5, 5.41) is 15.9. The number of nitrogens with one attached hydrogen (secondary N) is 2. The molecule has 0 saturated carbocycles. The van der Waals surface area contributed by atoms with E-state index in [9.17, 15) is 19.5 Å². The minimum atomic E-state index is -3.31. The number of amides is 2. The van der Waals surface area contributed by atoms with Crippen LogP contribution in [0.2, 0.25) is 0 Å². The van der Waals surface area contributed by atoms with Gasteiger partial charge in [0.05, 0.1) is 10.6 Å². The standard InChI is InChI=1S/C9H12N5O4P/c10-9(15)13(19(18)11-5-6-12-19)7-1-3-8(4-2-7)14(16)17/h1-4H,5-6H2,(H2,10,15)(H2,11,12,18). The highest BCUT2D eigenvalue weighted by molar-refractivity contribution is 7.62. The van der Waals surface area contributed by atoms with Gasteiger partial charge in [-0.1, -0.05) is 0 Å². The molecule has 0 aliphatic carbocycles. The van der Waals surface area contributed by atoms with E-state index in [1.807, 2.05) is 0 Å². The zero-order chi connectivity index (χ0) is 14.0. The normalized spacial score (nSPS) is 17.1. The van der Waals surface area contributed by atoms with Gasteiger partial charge in [0.25, 0.3) is 5.69 Å². The van der Waals surface area contributed by atoms with E-state index in [0.717, 1.165) is 4.67 Å². The van der Waals surface area contributed by atoms with E-state index < -0.39 is 18.5 Å². The summed E-state index contributed by atoms with van der Waals surface area (Å²) in [4.78, 5) is 21.5. The monoisotopic (exact) mass is 285 g/mol. The van der Waals surface area contributed by atoms with Crippen molar-refractivity contribution < 1.29 is 14.3 Å². The van der Waals surface area contributed by atoms with E-state index in [2.05, 4.69) is 10.2 Å². The molecule has 4 N–H and O–H groups in total. The summed E-state index contributed by atoms with van der Waals surface area (Å²) in [5.74, 6) is 0. The molecule has 19 heavy (non-hydrogen) atoms. The number of anilines is 1. The van der Waals surface area contributed by atoms with Crippen molar-refractivity contribution in [3.8, 4) is 0 Å². The van der Waals surface area contributed by atoms with Crippen molar-refractivity contribution in [2.75, 3.05) is 17.8 Å². The fourth-order valence-electron chi connectivity index (χ4n) is 1.76. The van der Waals surface area contributed by atoms with E-state index in [0.29, 0.717) is 13.1 Å². The van der Waals surface area contributed by atoms with Crippen molar-refractivity contribution >= 4 is 25.0 Å². The molecule has 10 heteroatoms. The zero-order valence-corrected chi connectivity index (χ0v) is 10.7. The predicted octanol–water partition coefficient (Wildman–Crippen LogP) is 0.781. The first kappa shape index (κ1) is 13.5. The Labute approximate surface area is 108 Å². The summed E-state index contributed by atoms with van der Waals surface area (Å²) < 4.78 is 13.3. The summed E-state index contributed by atoms with van der Waals surface area (Å²) in [6.07, 6.45) is 0. The molecule has 0 atom stereocenters. The van der Waals surface area contributed by atoms with Crippen LogP contribution < -0.4 is 20.6 Å². The van der Waals surface area contributed by atoms with Gasteiger partial charge < -0.3 is 5.73 Å². The molecule has 0 radical (unpaired) electrons. The molecule has 0 unspecified atom stereocenters. The number of non-ortho nitro benzene ring substituents is 1. The molecule has 2 rings (SSSR count). The topological polar surface area (TPSA) is 131 Å². The number of nitrogens with zero attached hydrogens (tertiary/aromatic N) is 2. The molecule has 1 aliphatic heterocycles. The highest BCUT2D eigenvalue weighted by Crippen LogP contribution is 2.46. The van der Waals surface area contributed by atoms with Gasteiger partial charge in [-0.15, -0.1) is 0 Å². The third-order valence-electron chi connectivity index (χ3n) is 2.57. The molecular formula is C9H12N5O4P. The first-order valence-corrected chi connectivity index (χ1v) is 7.05. The summed E-state index contributed by atoms with van der Waals surface area (Å²) in [6, 6.07) is 4.18. The average molecular weight is 285 g/mol. The molecule has 1 saturated heterocycles. The van der Waals surface area contributed by atoms with Crippen LogP contribution in [-0.4, -0.2) is 24.0 Å². The molecule has 1 aliphatic rings. The summed E-state index contributed by atoms with van der Waals surface area (Å²) >= 11 is 0. The van der Waals surface area contributed by atoms with Gasteiger partial charge in [0.15, 0.2) is 0 Å². The smallest absolute Gasteiger partial charge is 0.326 e. The zero-order valence-electron chi connectivity index (χ0n) is 9.78. The fraction of sp³-hybridized carbons (Fsp3) is 0.222. The molecular weight excluding hydrogens is 273 g/mol. The van der Waals surface area contributed by atoms with Gasteiger partial charge in [-0.3, -0.25) is 14.7 Å². The number of primary amides is 1. The number of nitro benzene ring substituents is 1. The molecule has 1 aromatic carbocycles. The van der Waals surface area contributed by atoms with Gasteiger partial charge in [-0.25, -0.2) is 19.6 Å². The van der Waals surface area contributed by atoms with Crippen LogP contribution in [0.4, 0.5) is 16.2 Å². The Kier molecular flexibility index (Phi) is 3.52. The van der Waals surface area contributed by atoms with Crippen molar-refractivity contribution in [1.29, 1.82) is 0 Å². The van der Waals surface area contributed by atoms with Gasteiger partial charge in [0, 0.05) is 25.2 Å². The highest BCUT2D eigenvalue weighted by atomic mass is 31.2. The van der Waals surface area contributed by atoms with Crippen molar-refractivity contribution in [2.24, 2.45) is 5.73 Å². The van der Waals surface area contributed by atoms with E-state index in [1.54, 1.807) is 0 Å². The van der Waals surface area contributed by atoms with Crippen molar-refractivity contribution in [3.05, 3.63) is 34.4 Å². The maximum absolute atomic E-state index is 12.4. The van der Waals surface area contributed by atoms with Crippen LogP contribution in [0.15, 0.2) is 24.3 Å². The lowest BCUT2D eigenvalue weighted by Gasteiger charge is -2.26. The van der Waals surface area contributed by atoms with Gasteiger partial charge in [0.1, 0.15) is 0 Å². The number of nitro groups is 1. The van der Waals surface area contributed by atoms with E-state index in [-0.39, 0.29) is 11.4 Å². The van der Waals surface area contributed by atoms with Gasteiger partial charge in [0.2, 0.25) is 0 Å². The first-order chi connectivity index (χ1) is 8.94. The minimum absolute atomic E-state index is 0.126. The molecule has 0 spiro atoms. The number of hydrogen-bond donors (Lipinski definition) is 3. The van der Waals surface area contributed by atoms with Crippen LogP contribution in [0.5, 0.6) is 0 Å². The number of urea groups is 1. The van der Waals surface area contributed by atoms with Gasteiger partial charge in [-0.2, -0.15) is 0 Å². The third kappa shape index (κ3) is 2.58. The van der Waals surface area contributed by atoms with Gasteiger partial charge >= 0.3 is 13.6 Å². The molecule has 9 nitrogen and oxygen atoms in total. The maximum atomic E-state index is 12.4. The lowest BCUT2D eigenvalue weighted by Crippen LogP contribution is -2.38. The number of carbonyl (C=O) groups is 1.